The van der Waals surface area contributed by atoms with Gasteiger partial charge in [0, 0.05) is 72.2 Å². The van der Waals surface area contributed by atoms with Crippen LogP contribution in [0.1, 0.15) is 81.8 Å². The molecule has 48 heavy (non-hydrogen) atoms. The van der Waals surface area contributed by atoms with E-state index >= 15 is 0 Å². The molecule has 0 saturated heterocycles. The zero-order valence-electron chi connectivity index (χ0n) is 26.1. The van der Waals surface area contributed by atoms with E-state index in [0.29, 0.717) is 11.1 Å². The summed E-state index contributed by atoms with van der Waals surface area (Å²) in [6, 6.07) is 15.7. The highest BCUT2D eigenvalue weighted by Crippen LogP contribution is 2.31. The molecular formula is C36H26N6O6. The van der Waals surface area contributed by atoms with Crippen LogP contribution >= 0.6 is 0 Å². The molecule has 0 unspecified atom stereocenters. The fraction of sp³-hybridized carbons (Fsp3) is 0.111. The van der Waals surface area contributed by atoms with Gasteiger partial charge in [0.2, 0.25) is 23.6 Å². The molecule has 4 N–H and O–H groups in total. The number of benzene rings is 2. The van der Waals surface area contributed by atoms with Gasteiger partial charge in [-0.3, -0.25) is 28.8 Å². The number of carbonyl (C=O) groups excluding carboxylic acids is 6. The van der Waals surface area contributed by atoms with Crippen LogP contribution in [0.3, 0.4) is 0 Å². The van der Waals surface area contributed by atoms with Gasteiger partial charge in [-0.05, 0) is 36.4 Å². The van der Waals surface area contributed by atoms with Crippen molar-refractivity contribution in [1.29, 1.82) is 0 Å². The number of fused-ring (bicyclic) bond motifs is 2. The lowest BCUT2D eigenvalue weighted by atomic mass is 9.80. The number of nitrogens with one attached hydrogen (secondary N) is 4. The molecule has 0 bridgehead atoms. The predicted octanol–water partition coefficient (Wildman–Crippen LogP) is 3.89. The molecule has 4 aromatic rings. The predicted molar refractivity (Wildman–Crippen MR) is 177 cm³/mol. The Bertz CT molecular complexity index is 2000. The number of hydrogen-bond donors (Lipinski definition) is 4. The average Bonchev–Trinajstić information content (AvgIpc) is 2.99. The molecule has 2 heterocycles. The van der Waals surface area contributed by atoms with Crippen LogP contribution in [0.15, 0.2) is 60.7 Å². The Morgan fingerprint density at radius 1 is 0.500 bits per heavy atom. The number of pyridine rings is 2. The largest absolute Gasteiger partial charge is 0.311 e. The lowest BCUT2D eigenvalue weighted by Gasteiger charge is -2.19. The zero-order valence-corrected chi connectivity index (χ0v) is 26.1. The fourth-order valence-corrected chi connectivity index (χ4v) is 4.91. The van der Waals surface area contributed by atoms with E-state index in [1.807, 2.05) is 0 Å². The number of carbonyl (C=O) groups is 6. The van der Waals surface area contributed by atoms with Crippen LogP contribution in [0.2, 0.25) is 0 Å². The summed E-state index contributed by atoms with van der Waals surface area (Å²) in [6.45, 7) is 5.26. The maximum Gasteiger partial charge on any atom is 0.222 e. The van der Waals surface area contributed by atoms with Gasteiger partial charge in [-0.25, -0.2) is 9.97 Å². The van der Waals surface area contributed by atoms with Crippen molar-refractivity contribution >= 4 is 58.5 Å². The third-order valence-corrected chi connectivity index (χ3v) is 6.62. The first-order valence-electron chi connectivity index (χ1n) is 14.4. The Labute approximate surface area is 274 Å². The summed E-state index contributed by atoms with van der Waals surface area (Å²) >= 11 is 0. The second kappa shape index (κ2) is 13.6. The van der Waals surface area contributed by atoms with Gasteiger partial charge in [0.1, 0.15) is 23.3 Å². The van der Waals surface area contributed by atoms with Gasteiger partial charge >= 0.3 is 0 Å². The minimum atomic E-state index is -0.449. The van der Waals surface area contributed by atoms with E-state index in [1.54, 1.807) is 36.4 Å². The van der Waals surface area contributed by atoms with Crippen LogP contribution in [-0.2, 0) is 19.2 Å². The van der Waals surface area contributed by atoms with Crippen LogP contribution in [0.5, 0.6) is 0 Å². The molecule has 2 aromatic carbocycles. The minimum Gasteiger partial charge on any atom is -0.311 e. The van der Waals surface area contributed by atoms with Crippen LogP contribution in [0.25, 0.3) is 0 Å². The molecule has 12 nitrogen and oxygen atoms in total. The highest BCUT2D eigenvalue weighted by atomic mass is 16.2. The molecule has 5 rings (SSSR count). The number of nitrogens with zero attached hydrogens (tertiary/aromatic N) is 2. The summed E-state index contributed by atoms with van der Waals surface area (Å²) < 4.78 is 0. The second-order valence-corrected chi connectivity index (χ2v) is 10.6. The van der Waals surface area contributed by atoms with E-state index in [0.717, 1.165) is 0 Å². The van der Waals surface area contributed by atoms with E-state index in [9.17, 15) is 28.8 Å². The summed E-state index contributed by atoms with van der Waals surface area (Å²) in [6.07, 6.45) is 0. The van der Waals surface area contributed by atoms with Crippen LogP contribution in [-0.4, -0.2) is 45.2 Å². The van der Waals surface area contributed by atoms with Crippen LogP contribution in [0, 0.1) is 23.7 Å². The number of aromatic nitrogens is 2. The molecule has 12 heteroatoms. The Balaban J connectivity index is 1.57. The lowest BCUT2D eigenvalue weighted by molar-refractivity contribution is -0.115. The van der Waals surface area contributed by atoms with E-state index in [2.05, 4.69) is 54.9 Å². The van der Waals surface area contributed by atoms with Gasteiger partial charge in [-0.2, -0.15) is 0 Å². The highest BCUT2D eigenvalue weighted by Gasteiger charge is 2.33. The molecule has 2 aromatic heterocycles. The Kier molecular flexibility index (Phi) is 9.20. The second-order valence-electron chi connectivity index (χ2n) is 10.6. The molecule has 1 aliphatic carbocycles. The first kappa shape index (κ1) is 32.5. The number of anilines is 4. The Morgan fingerprint density at radius 3 is 1.15 bits per heavy atom. The van der Waals surface area contributed by atoms with Crippen molar-refractivity contribution in [2.45, 2.75) is 27.7 Å². The maximum atomic E-state index is 14.1. The summed E-state index contributed by atoms with van der Waals surface area (Å²) in [7, 11) is 0. The van der Waals surface area contributed by atoms with E-state index < -0.39 is 5.78 Å². The summed E-state index contributed by atoms with van der Waals surface area (Å²) in [4.78, 5) is 82.7. The average molecular weight is 639 g/mol. The lowest BCUT2D eigenvalue weighted by Crippen LogP contribution is -2.23. The van der Waals surface area contributed by atoms with Gasteiger partial charge in [-0.1, -0.05) is 47.9 Å². The Hall–Kier alpha value is -6.92. The van der Waals surface area contributed by atoms with Gasteiger partial charge < -0.3 is 21.3 Å². The van der Waals surface area contributed by atoms with Gasteiger partial charge in [-0.15, -0.1) is 0 Å². The fourth-order valence-electron chi connectivity index (χ4n) is 4.91. The van der Waals surface area contributed by atoms with Gasteiger partial charge in [0.05, 0.1) is 0 Å². The van der Waals surface area contributed by atoms with E-state index in [1.165, 1.54) is 52.0 Å². The zero-order chi connectivity index (χ0) is 34.5. The van der Waals surface area contributed by atoms with Crippen molar-refractivity contribution in [3.05, 3.63) is 105 Å². The molecule has 1 aliphatic rings. The molecule has 0 fully saturated rings. The number of rotatable bonds is 4. The molecule has 0 atom stereocenters. The number of amides is 4. The highest BCUT2D eigenvalue weighted by molar-refractivity contribution is 6.30. The SMILES string of the molecule is CC(=O)Nc1cc(C#Cc2cccc3c2C(=O)c2c(C#Cc4cc(NC(C)=O)nc(NC(C)=O)c4)cccc2C3=O)cc(NC(C)=O)n1. The summed E-state index contributed by atoms with van der Waals surface area (Å²) in [5, 5.41) is 10.2. The number of hydrogen-bond acceptors (Lipinski definition) is 8. The van der Waals surface area contributed by atoms with Gasteiger partial charge in [0.25, 0.3) is 0 Å². The molecule has 0 aliphatic heterocycles. The van der Waals surface area contributed by atoms with Crippen molar-refractivity contribution in [1.82, 2.24) is 9.97 Å². The maximum absolute atomic E-state index is 14.1. The molecule has 0 saturated carbocycles. The van der Waals surface area contributed by atoms with E-state index in [-0.39, 0.29) is 86.1 Å². The van der Waals surface area contributed by atoms with Crippen LogP contribution < -0.4 is 21.3 Å². The molecule has 0 spiro atoms. The summed E-state index contributed by atoms with van der Waals surface area (Å²) in [5.41, 5.74) is 1.92. The quantitative estimate of drug-likeness (QED) is 0.214. The van der Waals surface area contributed by atoms with Crippen molar-refractivity contribution in [3.8, 4) is 23.7 Å². The van der Waals surface area contributed by atoms with Crippen molar-refractivity contribution in [2.75, 3.05) is 21.3 Å². The molecule has 0 radical (unpaired) electrons. The smallest absolute Gasteiger partial charge is 0.222 e. The van der Waals surface area contributed by atoms with Crippen molar-refractivity contribution in [2.24, 2.45) is 0 Å². The molecule has 4 amide bonds. The van der Waals surface area contributed by atoms with E-state index in [4.69, 9.17) is 0 Å². The van der Waals surface area contributed by atoms with Gasteiger partial charge in [0.15, 0.2) is 11.6 Å². The standard InChI is InChI=1S/C36H26N6O6/c1-19(43)37-29-15-23(16-30(41-29)38-20(2)44)11-13-25-7-5-9-27-33(25)36(48)34-26(8-6-10-28(34)35(27)47)14-12-24-17-31(39-21(3)45)42-32(18-24)40-22(4)46/h5-10,15-18H,1-4H3,(H2,37,38,41,43,44)(H2,39,40,42,45,46). The monoisotopic (exact) mass is 638 g/mol. The first-order chi connectivity index (χ1) is 22.9. The van der Waals surface area contributed by atoms with Crippen molar-refractivity contribution < 1.29 is 28.8 Å². The normalized spacial score (nSPS) is 11.0. The molecular weight excluding hydrogens is 612 g/mol. The minimum absolute atomic E-state index is 0.111. The van der Waals surface area contributed by atoms with Crippen molar-refractivity contribution in [3.63, 3.8) is 0 Å². The topological polar surface area (TPSA) is 176 Å². The number of ketones is 2. The third-order valence-electron chi connectivity index (χ3n) is 6.62. The first-order valence-corrected chi connectivity index (χ1v) is 14.4. The summed E-state index contributed by atoms with van der Waals surface area (Å²) in [5.74, 6) is 10.2. The third kappa shape index (κ3) is 7.47. The van der Waals surface area contributed by atoms with Crippen LogP contribution in [0.4, 0.5) is 23.3 Å². The Morgan fingerprint density at radius 2 is 0.833 bits per heavy atom. The molecule has 236 valence electrons.